The normalized spacial score (nSPS) is 11.3. The van der Waals surface area contributed by atoms with E-state index in [1.165, 1.54) is 30.9 Å². The molecule has 8 heteroatoms. The van der Waals surface area contributed by atoms with Crippen LogP contribution in [0.25, 0.3) is 0 Å². The van der Waals surface area contributed by atoms with Gasteiger partial charge in [-0.05, 0) is 19.1 Å². The predicted molar refractivity (Wildman–Crippen MR) is 75.5 cm³/mol. The molecule has 0 fully saturated rings. The Morgan fingerprint density at radius 2 is 2.10 bits per heavy atom. The molecule has 2 rings (SSSR count). The molecular formula is C12H12ClN3O3S. The molecule has 0 amide bonds. The molecular weight excluding hydrogens is 302 g/mol. The van der Waals surface area contributed by atoms with Gasteiger partial charge in [0.15, 0.2) is 10.8 Å². The number of nitrogens with zero attached hydrogens (tertiary/aromatic N) is 2. The summed E-state index contributed by atoms with van der Waals surface area (Å²) < 4.78 is 28.0. The summed E-state index contributed by atoms with van der Waals surface area (Å²) >= 11 is 5.82. The Kier molecular flexibility index (Phi) is 3.82. The zero-order valence-electron chi connectivity index (χ0n) is 10.8. The zero-order valence-corrected chi connectivity index (χ0v) is 12.4. The van der Waals surface area contributed by atoms with Crippen LogP contribution in [0.5, 0.6) is 0 Å². The van der Waals surface area contributed by atoms with Crippen molar-refractivity contribution < 1.29 is 13.2 Å². The smallest absolute Gasteiger partial charge is 0.280 e. The van der Waals surface area contributed by atoms with Gasteiger partial charge in [-0.1, -0.05) is 23.7 Å². The fraction of sp³-hybridized carbons (Fsp3) is 0.167. The van der Waals surface area contributed by atoms with E-state index >= 15 is 0 Å². The molecule has 1 heterocycles. The standard InChI is InChI=1S/C12H12ClN3O3S/c1-8(17)9-4-3-5-10(6-9)15-20(18,19)12-11(13)7-14-16(12)2/h3-7,15H,1-2H3. The number of ketones is 1. The van der Waals surface area contributed by atoms with E-state index in [0.717, 1.165) is 0 Å². The van der Waals surface area contributed by atoms with E-state index in [0.29, 0.717) is 5.56 Å². The molecule has 0 saturated heterocycles. The van der Waals surface area contributed by atoms with Crippen LogP contribution >= 0.6 is 11.6 Å². The number of carbonyl (C=O) groups excluding carboxylic acids is 1. The SMILES string of the molecule is CC(=O)c1cccc(NS(=O)(=O)c2c(Cl)cnn2C)c1. The highest BCUT2D eigenvalue weighted by molar-refractivity contribution is 7.92. The molecule has 20 heavy (non-hydrogen) atoms. The van der Waals surface area contributed by atoms with Crippen molar-refractivity contribution in [2.45, 2.75) is 11.9 Å². The van der Waals surface area contributed by atoms with Gasteiger partial charge in [-0.15, -0.1) is 0 Å². The number of Topliss-reactive ketones (excluding diaryl/α,β-unsaturated/α-hetero) is 1. The van der Waals surface area contributed by atoms with Crippen LogP contribution in [-0.2, 0) is 17.1 Å². The molecule has 0 radical (unpaired) electrons. The third kappa shape index (κ3) is 2.83. The molecule has 106 valence electrons. The van der Waals surface area contributed by atoms with Crippen LogP contribution in [0.1, 0.15) is 17.3 Å². The molecule has 0 bridgehead atoms. The third-order valence-electron chi connectivity index (χ3n) is 2.62. The number of benzene rings is 1. The van der Waals surface area contributed by atoms with Crippen molar-refractivity contribution in [3.63, 3.8) is 0 Å². The second kappa shape index (κ2) is 5.26. The van der Waals surface area contributed by atoms with Crippen LogP contribution < -0.4 is 4.72 Å². The van der Waals surface area contributed by atoms with Gasteiger partial charge in [-0.2, -0.15) is 13.5 Å². The summed E-state index contributed by atoms with van der Waals surface area (Å²) in [5.74, 6) is -0.149. The summed E-state index contributed by atoms with van der Waals surface area (Å²) in [6, 6.07) is 6.22. The van der Waals surface area contributed by atoms with Crippen molar-refractivity contribution in [2.24, 2.45) is 7.05 Å². The lowest BCUT2D eigenvalue weighted by Gasteiger charge is -2.09. The van der Waals surface area contributed by atoms with Crippen LogP contribution in [0.4, 0.5) is 5.69 Å². The molecule has 0 aliphatic heterocycles. The van der Waals surface area contributed by atoms with Crippen LogP contribution in [0.15, 0.2) is 35.5 Å². The van der Waals surface area contributed by atoms with Gasteiger partial charge in [0.05, 0.1) is 11.2 Å². The van der Waals surface area contributed by atoms with Gasteiger partial charge in [0.25, 0.3) is 10.0 Å². The average molecular weight is 314 g/mol. The number of carbonyl (C=O) groups is 1. The predicted octanol–water partition coefficient (Wildman–Crippen LogP) is 2.08. The number of nitrogens with one attached hydrogen (secondary N) is 1. The molecule has 0 aliphatic rings. The van der Waals surface area contributed by atoms with Crippen molar-refractivity contribution >= 4 is 33.1 Å². The number of anilines is 1. The lowest BCUT2D eigenvalue weighted by atomic mass is 10.1. The van der Waals surface area contributed by atoms with Crippen LogP contribution in [0.3, 0.4) is 0 Å². The van der Waals surface area contributed by atoms with Crippen molar-refractivity contribution in [3.05, 3.63) is 41.0 Å². The second-order valence-corrected chi connectivity index (χ2v) is 6.17. The van der Waals surface area contributed by atoms with Gasteiger partial charge >= 0.3 is 0 Å². The summed E-state index contributed by atoms with van der Waals surface area (Å²) in [4.78, 5) is 11.3. The van der Waals surface area contributed by atoms with Crippen LogP contribution in [-0.4, -0.2) is 24.0 Å². The highest BCUT2D eigenvalue weighted by atomic mass is 35.5. The van der Waals surface area contributed by atoms with Gasteiger partial charge in [0.1, 0.15) is 0 Å². The Bertz CT molecular complexity index is 749. The molecule has 0 unspecified atom stereocenters. The molecule has 0 atom stereocenters. The van der Waals surface area contributed by atoms with Crippen molar-refractivity contribution in [3.8, 4) is 0 Å². The van der Waals surface area contributed by atoms with E-state index in [9.17, 15) is 13.2 Å². The molecule has 0 aliphatic carbocycles. The van der Waals surface area contributed by atoms with Crippen molar-refractivity contribution in [1.29, 1.82) is 0 Å². The Morgan fingerprint density at radius 3 is 2.65 bits per heavy atom. The summed E-state index contributed by atoms with van der Waals surface area (Å²) in [6.07, 6.45) is 1.25. The lowest BCUT2D eigenvalue weighted by Crippen LogP contribution is -2.17. The van der Waals surface area contributed by atoms with E-state index in [1.807, 2.05) is 0 Å². The molecule has 1 aromatic heterocycles. The number of aromatic nitrogens is 2. The average Bonchev–Trinajstić information content (AvgIpc) is 2.69. The zero-order chi connectivity index (χ0) is 14.9. The molecule has 1 N–H and O–H groups in total. The fourth-order valence-corrected chi connectivity index (χ4v) is 3.42. The summed E-state index contributed by atoms with van der Waals surface area (Å²) in [5.41, 5.74) is 0.705. The number of hydrogen-bond donors (Lipinski definition) is 1. The van der Waals surface area contributed by atoms with E-state index in [-0.39, 0.29) is 21.5 Å². The molecule has 1 aromatic carbocycles. The van der Waals surface area contributed by atoms with Crippen molar-refractivity contribution in [1.82, 2.24) is 9.78 Å². The van der Waals surface area contributed by atoms with Crippen molar-refractivity contribution in [2.75, 3.05) is 4.72 Å². The monoisotopic (exact) mass is 313 g/mol. The Hall–Kier alpha value is -1.86. The molecule has 0 spiro atoms. The van der Waals surface area contributed by atoms with Gasteiger partial charge in [0.2, 0.25) is 0 Å². The number of sulfonamides is 1. The first-order chi connectivity index (χ1) is 9.31. The minimum Gasteiger partial charge on any atom is -0.295 e. The Balaban J connectivity index is 2.39. The van der Waals surface area contributed by atoms with Gasteiger partial charge in [0, 0.05) is 18.3 Å². The molecule has 2 aromatic rings. The highest BCUT2D eigenvalue weighted by Gasteiger charge is 2.22. The molecule has 0 saturated carbocycles. The molecule has 6 nitrogen and oxygen atoms in total. The maximum absolute atomic E-state index is 12.2. The summed E-state index contributed by atoms with van der Waals surface area (Å²) in [7, 11) is -2.39. The van der Waals surface area contributed by atoms with E-state index in [2.05, 4.69) is 9.82 Å². The van der Waals surface area contributed by atoms with Crippen LogP contribution in [0.2, 0.25) is 5.02 Å². The first-order valence-electron chi connectivity index (χ1n) is 5.62. The van der Waals surface area contributed by atoms with Gasteiger partial charge < -0.3 is 0 Å². The number of hydrogen-bond acceptors (Lipinski definition) is 4. The first kappa shape index (κ1) is 14.5. The minimum atomic E-state index is -3.87. The number of rotatable bonds is 4. The first-order valence-corrected chi connectivity index (χ1v) is 7.48. The van der Waals surface area contributed by atoms with Crippen LogP contribution in [0, 0.1) is 0 Å². The van der Waals surface area contributed by atoms with E-state index in [4.69, 9.17) is 11.6 Å². The summed E-state index contributed by atoms with van der Waals surface area (Å²) in [6.45, 7) is 1.41. The topological polar surface area (TPSA) is 81.1 Å². The summed E-state index contributed by atoms with van der Waals surface area (Å²) in [5, 5.41) is 3.68. The maximum atomic E-state index is 12.2. The van der Waals surface area contributed by atoms with Gasteiger partial charge in [-0.25, -0.2) is 0 Å². The largest absolute Gasteiger partial charge is 0.295 e. The third-order valence-corrected chi connectivity index (χ3v) is 4.50. The lowest BCUT2D eigenvalue weighted by molar-refractivity contribution is 0.101. The van der Waals surface area contributed by atoms with Gasteiger partial charge in [-0.3, -0.25) is 14.2 Å². The Labute approximate surface area is 121 Å². The number of aryl methyl sites for hydroxylation is 1. The minimum absolute atomic E-state index is 0.0303. The second-order valence-electron chi connectivity index (χ2n) is 4.16. The number of halogens is 1. The fourth-order valence-electron chi connectivity index (χ4n) is 1.71. The van der Waals surface area contributed by atoms with E-state index < -0.39 is 10.0 Å². The van der Waals surface area contributed by atoms with E-state index in [1.54, 1.807) is 18.2 Å². The highest BCUT2D eigenvalue weighted by Crippen LogP contribution is 2.23. The Morgan fingerprint density at radius 1 is 1.40 bits per heavy atom. The quantitative estimate of drug-likeness (QED) is 0.876. The maximum Gasteiger partial charge on any atom is 0.280 e.